The summed E-state index contributed by atoms with van der Waals surface area (Å²) in [5.41, 5.74) is -0.232. The van der Waals surface area contributed by atoms with Gasteiger partial charge in [0.05, 0.1) is 16.1 Å². The molecular weight excluding hydrogens is 264 g/mol. The van der Waals surface area contributed by atoms with Gasteiger partial charge in [0.25, 0.3) is 0 Å². The quantitative estimate of drug-likeness (QED) is 0.884. The largest absolute Gasteiger partial charge is 0.377 e. The Morgan fingerprint density at radius 2 is 2.11 bits per heavy atom. The van der Waals surface area contributed by atoms with Crippen LogP contribution in [0.15, 0.2) is 29.2 Å². The zero-order chi connectivity index (χ0) is 13.9. The van der Waals surface area contributed by atoms with Crippen LogP contribution in [0.2, 0.25) is 0 Å². The van der Waals surface area contributed by atoms with Gasteiger partial charge in [0, 0.05) is 13.7 Å². The van der Waals surface area contributed by atoms with Gasteiger partial charge in [-0.3, -0.25) is 0 Å². The third-order valence-electron chi connectivity index (χ3n) is 3.58. The average Bonchev–Trinajstić information content (AvgIpc) is 2.38. The van der Waals surface area contributed by atoms with E-state index in [0.29, 0.717) is 0 Å². The van der Waals surface area contributed by atoms with Crippen molar-refractivity contribution in [2.75, 3.05) is 13.7 Å². The Morgan fingerprint density at radius 1 is 1.42 bits per heavy atom. The van der Waals surface area contributed by atoms with Crippen LogP contribution in [0, 0.1) is 11.3 Å². The molecule has 0 spiro atoms. The fourth-order valence-corrected chi connectivity index (χ4v) is 3.39. The van der Waals surface area contributed by atoms with Crippen LogP contribution in [0.1, 0.15) is 24.8 Å². The van der Waals surface area contributed by atoms with Crippen LogP contribution in [-0.4, -0.2) is 27.7 Å². The van der Waals surface area contributed by atoms with E-state index in [0.717, 1.165) is 19.3 Å². The maximum absolute atomic E-state index is 12.2. The number of nitrogens with one attached hydrogen (secondary N) is 1. The summed E-state index contributed by atoms with van der Waals surface area (Å²) >= 11 is 0. The van der Waals surface area contributed by atoms with Crippen molar-refractivity contribution in [1.82, 2.24) is 4.72 Å². The summed E-state index contributed by atoms with van der Waals surface area (Å²) in [6.07, 6.45) is 2.75. The number of nitrogens with zero attached hydrogens (tertiary/aromatic N) is 1. The molecule has 19 heavy (non-hydrogen) atoms. The van der Waals surface area contributed by atoms with Crippen molar-refractivity contribution in [2.24, 2.45) is 0 Å². The van der Waals surface area contributed by atoms with E-state index in [1.165, 1.54) is 12.1 Å². The highest BCUT2D eigenvalue weighted by Gasteiger charge is 2.38. The second-order valence-electron chi connectivity index (χ2n) is 4.67. The Balaban J connectivity index is 2.17. The van der Waals surface area contributed by atoms with Gasteiger partial charge in [-0.05, 0) is 31.4 Å². The SMILES string of the molecule is COC1(CNS(=O)(=O)c2ccccc2C#N)CCC1. The Bertz CT molecular complexity index is 595. The first kappa shape index (κ1) is 14.0. The number of methoxy groups -OCH3 is 1. The van der Waals surface area contributed by atoms with Crippen LogP contribution in [0.3, 0.4) is 0 Å². The molecule has 1 aromatic carbocycles. The molecule has 1 aliphatic rings. The van der Waals surface area contributed by atoms with E-state index in [1.54, 1.807) is 19.2 Å². The van der Waals surface area contributed by atoms with Crippen molar-refractivity contribution in [3.63, 3.8) is 0 Å². The molecule has 0 amide bonds. The molecule has 1 fully saturated rings. The van der Waals surface area contributed by atoms with Crippen LogP contribution in [-0.2, 0) is 14.8 Å². The monoisotopic (exact) mass is 280 g/mol. The first-order chi connectivity index (χ1) is 9.03. The highest BCUT2D eigenvalue weighted by atomic mass is 32.2. The summed E-state index contributed by atoms with van der Waals surface area (Å²) in [6, 6.07) is 8.05. The number of hydrogen-bond donors (Lipinski definition) is 1. The zero-order valence-electron chi connectivity index (χ0n) is 10.7. The Morgan fingerprint density at radius 3 is 2.63 bits per heavy atom. The molecule has 2 rings (SSSR count). The third-order valence-corrected chi connectivity index (χ3v) is 5.04. The molecule has 0 radical (unpaired) electrons. The van der Waals surface area contributed by atoms with Gasteiger partial charge in [-0.1, -0.05) is 12.1 Å². The Kier molecular flexibility index (Phi) is 3.90. The van der Waals surface area contributed by atoms with Gasteiger partial charge in [-0.2, -0.15) is 5.26 Å². The van der Waals surface area contributed by atoms with Crippen LogP contribution < -0.4 is 4.72 Å². The van der Waals surface area contributed by atoms with Gasteiger partial charge >= 0.3 is 0 Å². The van der Waals surface area contributed by atoms with Crippen molar-refractivity contribution in [2.45, 2.75) is 29.8 Å². The zero-order valence-corrected chi connectivity index (χ0v) is 11.5. The number of rotatable bonds is 5. The first-order valence-corrected chi connectivity index (χ1v) is 7.55. The third kappa shape index (κ3) is 2.78. The molecule has 0 heterocycles. The lowest BCUT2D eigenvalue weighted by atomic mass is 9.80. The number of ether oxygens (including phenoxy) is 1. The maximum atomic E-state index is 12.2. The highest BCUT2D eigenvalue weighted by molar-refractivity contribution is 7.89. The van der Waals surface area contributed by atoms with Gasteiger partial charge in [0.2, 0.25) is 10.0 Å². The first-order valence-electron chi connectivity index (χ1n) is 6.07. The molecule has 1 aromatic rings. The number of sulfonamides is 1. The molecule has 0 aromatic heterocycles. The van der Waals surface area contributed by atoms with Crippen molar-refractivity contribution < 1.29 is 13.2 Å². The lowest BCUT2D eigenvalue weighted by Gasteiger charge is -2.40. The summed E-state index contributed by atoms with van der Waals surface area (Å²) in [7, 11) is -2.08. The summed E-state index contributed by atoms with van der Waals surface area (Å²) in [6.45, 7) is 0.242. The van der Waals surface area contributed by atoms with Crippen molar-refractivity contribution in [3.05, 3.63) is 29.8 Å². The van der Waals surface area contributed by atoms with Crippen LogP contribution in [0.5, 0.6) is 0 Å². The fourth-order valence-electron chi connectivity index (χ4n) is 2.12. The standard InChI is InChI=1S/C13H16N2O3S/c1-18-13(7-4-8-13)10-15-19(16,17)12-6-3-2-5-11(12)9-14/h2-3,5-6,15H,4,7-8,10H2,1H3. The van der Waals surface area contributed by atoms with Crippen LogP contribution in [0.4, 0.5) is 0 Å². The minimum atomic E-state index is -3.68. The van der Waals surface area contributed by atoms with Gasteiger partial charge in [-0.15, -0.1) is 0 Å². The summed E-state index contributed by atoms with van der Waals surface area (Å²) in [5.74, 6) is 0. The summed E-state index contributed by atoms with van der Waals surface area (Å²) < 4.78 is 32.3. The highest BCUT2D eigenvalue weighted by Crippen LogP contribution is 2.34. The predicted molar refractivity (Wildman–Crippen MR) is 69.9 cm³/mol. The van der Waals surface area contributed by atoms with Gasteiger partial charge < -0.3 is 4.74 Å². The fraction of sp³-hybridized carbons (Fsp3) is 0.462. The number of benzene rings is 1. The smallest absolute Gasteiger partial charge is 0.241 e. The van der Waals surface area contributed by atoms with Crippen molar-refractivity contribution in [3.8, 4) is 6.07 Å². The van der Waals surface area contributed by atoms with E-state index >= 15 is 0 Å². The molecule has 6 heteroatoms. The minimum absolute atomic E-state index is 0.0167. The lowest BCUT2D eigenvalue weighted by molar-refractivity contribution is -0.0659. The molecule has 102 valence electrons. The van der Waals surface area contributed by atoms with Crippen LogP contribution >= 0.6 is 0 Å². The molecule has 1 aliphatic carbocycles. The number of nitriles is 1. The molecule has 0 unspecified atom stereocenters. The second kappa shape index (κ2) is 5.29. The molecule has 0 aliphatic heterocycles. The Hall–Kier alpha value is -1.42. The average molecular weight is 280 g/mol. The van der Waals surface area contributed by atoms with E-state index in [-0.39, 0.29) is 22.6 Å². The van der Waals surface area contributed by atoms with Gasteiger partial charge in [0.15, 0.2) is 0 Å². The van der Waals surface area contributed by atoms with Crippen molar-refractivity contribution in [1.29, 1.82) is 5.26 Å². The van der Waals surface area contributed by atoms with Gasteiger partial charge in [0.1, 0.15) is 6.07 Å². The maximum Gasteiger partial charge on any atom is 0.241 e. The summed E-state index contributed by atoms with van der Waals surface area (Å²) in [5, 5.41) is 8.95. The molecule has 0 saturated heterocycles. The van der Waals surface area contributed by atoms with Crippen LogP contribution in [0.25, 0.3) is 0 Å². The van der Waals surface area contributed by atoms with Gasteiger partial charge in [-0.25, -0.2) is 13.1 Å². The lowest BCUT2D eigenvalue weighted by Crippen LogP contribution is -2.49. The molecular formula is C13H16N2O3S. The second-order valence-corrected chi connectivity index (χ2v) is 6.41. The van der Waals surface area contributed by atoms with Crippen molar-refractivity contribution >= 4 is 10.0 Å². The van der Waals surface area contributed by atoms with E-state index in [9.17, 15) is 8.42 Å². The molecule has 5 nitrogen and oxygen atoms in total. The number of hydrogen-bond acceptors (Lipinski definition) is 4. The molecule has 0 bridgehead atoms. The normalized spacial score (nSPS) is 17.5. The Labute approximate surface area is 113 Å². The topological polar surface area (TPSA) is 79.2 Å². The minimum Gasteiger partial charge on any atom is -0.377 e. The van der Waals surface area contributed by atoms with E-state index in [4.69, 9.17) is 10.00 Å². The molecule has 1 N–H and O–H groups in total. The molecule has 1 saturated carbocycles. The predicted octanol–water partition coefficient (Wildman–Crippen LogP) is 1.41. The van der Waals surface area contributed by atoms with E-state index < -0.39 is 10.0 Å². The van der Waals surface area contributed by atoms with E-state index in [2.05, 4.69) is 4.72 Å². The summed E-state index contributed by atoms with van der Waals surface area (Å²) in [4.78, 5) is 0.0167. The molecule has 0 atom stereocenters. The van der Waals surface area contributed by atoms with E-state index in [1.807, 2.05) is 6.07 Å².